The number of benzene rings is 9. The van der Waals surface area contributed by atoms with E-state index in [2.05, 4.69) is 191 Å². The zero-order valence-corrected chi connectivity index (χ0v) is 31.3. The van der Waals surface area contributed by atoms with E-state index in [4.69, 9.17) is 9.97 Å². The summed E-state index contributed by atoms with van der Waals surface area (Å²) in [5, 5.41) is 13.4. The summed E-state index contributed by atoms with van der Waals surface area (Å²) in [6.45, 7) is 0. The van der Waals surface area contributed by atoms with Crippen LogP contribution in [-0.4, -0.2) is 19.1 Å². The van der Waals surface area contributed by atoms with E-state index in [1.54, 1.807) is 0 Å². The maximum atomic E-state index is 5.54. The number of aromatic nitrogens is 4. The van der Waals surface area contributed by atoms with E-state index in [9.17, 15) is 0 Å². The molecular formula is C52H30N4S. The highest BCUT2D eigenvalue weighted by atomic mass is 32.1. The number of nitrogens with zero attached hydrogens (tertiary/aromatic N) is 4. The van der Waals surface area contributed by atoms with Gasteiger partial charge in [-0.1, -0.05) is 127 Å². The molecule has 9 aromatic carbocycles. The molecule has 4 nitrogen and oxygen atoms in total. The Morgan fingerprint density at radius 1 is 0.368 bits per heavy atom. The summed E-state index contributed by atoms with van der Waals surface area (Å²) in [5.74, 6) is 0.652. The first-order valence-corrected chi connectivity index (χ1v) is 20.1. The van der Waals surface area contributed by atoms with Crippen LogP contribution in [0.5, 0.6) is 0 Å². The summed E-state index contributed by atoms with van der Waals surface area (Å²) in [6, 6.07) is 66.0. The van der Waals surface area contributed by atoms with Crippen LogP contribution in [0.4, 0.5) is 0 Å². The molecule has 13 rings (SSSR count). The van der Waals surface area contributed by atoms with E-state index in [1.165, 1.54) is 74.3 Å². The van der Waals surface area contributed by atoms with Gasteiger partial charge in [0, 0.05) is 58.4 Å². The molecule has 0 fully saturated rings. The molecule has 4 aromatic heterocycles. The van der Waals surface area contributed by atoms with E-state index in [0.717, 1.165) is 38.9 Å². The number of rotatable bonds is 3. The van der Waals surface area contributed by atoms with Crippen LogP contribution in [0.1, 0.15) is 0 Å². The number of hydrogen-bond acceptors (Lipinski definition) is 3. The molecule has 0 N–H and O–H groups in total. The fraction of sp³-hybridized carbons (Fsp3) is 0. The van der Waals surface area contributed by atoms with Crippen molar-refractivity contribution in [1.29, 1.82) is 0 Å². The van der Waals surface area contributed by atoms with Crippen LogP contribution in [-0.2, 0) is 0 Å². The lowest BCUT2D eigenvalue weighted by Crippen LogP contribution is -2.04. The Labute approximate surface area is 330 Å². The average molecular weight is 743 g/mol. The van der Waals surface area contributed by atoms with Crippen LogP contribution in [0, 0.1) is 0 Å². The minimum Gasteiger partial charge on any atom is -0.309 e. The van der Waals surface area contributed by atoms with Gasteiger partial charge >= 0.3 is 0 Å². The van der Waals surface area contributed by atoms with E-state index < -0.39 is 0 Å². The molecule has 0 saturated carbocycles. The van der Waals surface area contributed by atoms with Gasteiger partial charge in [-0.15, -0.1) is 11.3 Å². The second-order valence-corrected chi connectivity index (χ2v) is 16.0. The van der Waals surface area contributed by atoms with Crippen molar-refractivity contribution in [3.05, 3.63) is 182 Å². The van der Waals surface area contributed by atoms with Crippen molar-refractivity contribution in [2.75, 3.05) is 0 Å². The Morgan fingerprint density at radius 3 is 1.77 bits per heavy atom. The summed E-state index contributed by atoms with van der Waals surface area (Å²) in [4.78, 5) is 10.9. The Kier molecular flexibility index (Phi) is 6.29. The van der Waals surface area contributed by atoms with E-state index >= 15 is 0 Å². The summed E-state index contributed by atoms with van der Waals surface area (Å²) >= 11 is 1.84. The van der Waals surface area contributed by atoms with Gasteiger partial charge in [0.15, 0.2) is 0 Å². The van der Waals surface area contributed by atoms with Gasteiger partial charge in [-0.3, -0.25) is 4.57 Å². The largest absolute Gasteiger partial charge is 0.309 e. The van der Waals surface area contributed by atoms with Crippen molar-refractivity contribution in [3.63, 3.8) is 0 Å². The van der Waals surface area contributed by atoms with Crippen LogP contribution in [0.25, 0.3) is 119 Å². The predicted octanol–water partition coefficient (Wildman–Crippen LogP) is 14.2. The van der Waals surface area contributed by atoms with Crippen molar-refractivity contribution in [1.82, 2.24) is 19.1 Å². The second kappa shape index (κ2) is 11.6. The Hall–Kier alpha value is -7.34. The Bertz CT molecular complexity index is 3830. The van der Waals surface area contributed by atoms with Crippen LogP contribution in [0.15, 0.2) is 182 Å². The van der Waals surface area contributed by atoms with Gasteiger partial charge in [0.25, 0.3) is 0 Å². The first-order chi connectivity index (χ1) is 28.3. The molecule has 0 radical (unpaired) electrons. The standard InChI is InChI=1S/C52H30N4S/c1-3-13-35-31(11-1)21-26-44-49(35)39-17-6-9-19-43(39)55(44)34-24-25-40-46(30-34)56(45-27-22-32-12-2-4-14-36(32)50(40)45)52-53-42-18-8-5-16-38(42)51(54-52)33-23-28-48-41(29-33)37-15-7-10-20-47(37)57-48/h1-30H. The topological polar surface area (TPSA) is 35.6 Å². The quantitative estimate of drug-likeness (QED) is 0.181. The molecule has 0 spiro atoms. The van der Waals surface area contributed by atoms with Crippen molar-refractivity contribution < 1.29 is 0 Å². The van der Waals surface area contributed by atoms with Gasteiger partial charge in [0.2, 0.25) is 5.95 Å². The van der Waals surface area contributed by atoms with Crippen LogP contribution in [0.2, 0.25) is 0 Å². The molecule has 0 unspecified atom stereocenters. The predicted molar refractivity (Wildman–Crippen MR) is 242 cm³/mol. The summed E-state index contributed by atoms with van der Waals surface area (Å²) in [5.41, 5.74) is 8.51. The van der Waals surface area contributed by atoms with Crippen LogP contribution >= 0.6 is 11.3 Å². The maximum Gasteiger partial charge on any atom is 0.235 e. The molecule has 0 saturated heterocycles. The molecule has 0 aliphatic heterocycles. The third-order valence-electron chi connectivity index (χ3n) is 11.9. The monoisotopic (exact) mass is 742 g/mol. The molecule has 0 atom stereocenters. The highest BCUT2D eigenvalue weighted by molar-refractivity contribution is 7.25. The first-order valence-electron chi connectivity index (χ1n) is 19.3. The molecule has 57 heavy (non-hydrogen) atoms. The molecule has 0 amide bonds. The smallest absolute Gasteiger partial charge is 0.235 e. The lowest BCUT2D eigenvalue weighted by molar-refractivity contribution is 1.01. The minimum atomic E-state index is 0.652. The second-order valence-electron chi connectivity index (χ2n) is 14.9. The minimum absolute atomic E-state index is 0.652. The Balaban J connectivity index is 1.13. The fourth-order valence-corrected chi connectivity index (χ4v) is 10.5. The lowest BCUT2D eigenvalue weighted by Gasteiger charge is -2.13. The highest BCUT2D eigenvalue weighted by Gasteiger charge is 2.21. The van der Waals surface area contributed by atoms with Gasteiger partial charge in [-0.05, 0) is 76.1 Å². The molecule has 13 aromatic rings. The maximum absolute atomic E-state index is 5.54. The molecule has 5 heteroatoms. The van der Waals surface area contributed by atoms with Gasteiger partial charge in [-0.25, -0.2) is 9.97 Å². The van der Waals surface area contributed by atoms with Gasteiger partial charge < -0.3 is 4.57 Å². The zero-order chi connectivity index (χ0) is 37.2. The normalized spacial score (nSPS) is 12.2. The molecule has 0 aliphatic carbocycles. The van der Waals surface area contributed by atoms with Crippen molar-refractivity contribution in [2.45, 2.75) is 0 Å². The molecule has 0 aliphatic rings. The van der Waals surface area contributed by atoms with Crippen molar-refractivity contribution in [3.8, 4) is 22.9 Å². The average Bonchev–Trinajstić information content (AvgIpc) is 3.93. The van der Waals surface area contributed by atoms with Gasteiger partial charge in [0.1, 0.15) is 0 Å². The first kappa shape index (κ1) is 30.9. The van der Waals surface area contributed by atoms with Gasteiger partial charge in [0.05, 0.1) is 33.3 Å². The molecule has 4 heterocycles. The summed E-state index contributed by atoms with van der Waals surface area (Å²) in [7, 11) is 0. The van der Waals surface area contributed by atoms with E-state index in [1.807, 2.05) is 11.3 Å². The summed E-state index contributed by atoms with van der Waals surface area (Å²) in [6.07, 6.45) is 0. The lowest BCUT2D eigenvalue weighted by atomic mass is 10.0. The number of para-hydroxylation sites is 2. The zero-order valence-electron chi connectivity index (χ0n) is 30.5. The van der Waals surface area contributed by atoms with Crippen molar-refractivity contribution in [2.24, 2.45) is 0 Å². The number of hydrogen-bond donors (Lipinski definition) is 0. The Morgan fingerprint density at radius 2 is 0.982 bits per heavy atom. The molecular weight excluding hydrogens is 713 g/mol. The van der Waals surface area contributed by atoms with Gasteiger partial charge in [-0.2, -0.15) is 0 Å². The third-order valence-corrected chi connectivity index (χ3v) is 13.1. The number of fused-ring (bicyclic) bond motifs is 14. The summed E-state index contributed by atoms with van der Waals surface area (Å²) < 4.78 is 7.28. The van der Waals surface area contributed by atoms with Crippen LogP contribution in [0.3, 0.4) is 0 Å². The number of thiophene rings is 1. The van der Waals surface area contributed by atoms with E-state index in [0.29, 0.717) is 5.95 Å². The van der Waals surface area contributed by atoms with Crippen LogP contribution < -0.4 is 0 Å². The molecule has 264 valence electrons. The van der Waals surface area contributed by atoms with Crippen molar-refractivity contribution >= 4 is 108 Å². The molecule has 0 bridgehead atoms. The highest BCUT2D eigenvalue weighted by Crippen LogP contribution is 2.42. The SMILES string of the molecule is c1ccc2c(c1)ccc1c2c2ccccc2n1-c1ccc2c3c4ccccc4ccc3n(-c3nc(-c4ccc5sc6ccccc6c5c4)c4ccccc4n3)c2c1. The third kappa shape index (κ3) is 4.37. The fourth-order valence-electron chi connectivity index (χ4n) is 9.41. The van der Waals surface area contributed by atoms with E-state index in [-0.39, 0.29) is 0 Å².